The Morgan fingerprint density at radius 3 is 2.56 bits per heavy atom. The van der Waals surface area contributed by atoms with Crippen LogP contribution in [-0.2, 0) is 13.2 Å². The highest BCUT2D eigenvalue weighted by Crippen LogP contribution is 2.33. The molecule has 0 saturated heterocycles. The Morgan fingerprint density at radius 2 is 1.89 bits per heavy atom. The average molecular weight is 398 g/mol. The number of rotatable bonds is 3. The lowest BCUT2D eigenvalue weighted by Gasteiger charge is -2.12. The zero-order chi connectivity index (χ0) is 19.8. The first-order valence-corrected chi connectivity index (χ1v) is 8.01. The van der Waals surface area contributed by atoms with Gasteiger partial charge in [0.05, 0.1) is 10.6 Å². The largest absolute Gasteiger partial charge is 0.435 e. The van der Waals surface area contributed by atoms with Crippen LogP contribution in [0.2, 0.25) is 5.02 Å². The Morgan fingerprint density at radius 1 is 1.19 bits per heavy atom. The van der Waals surface area contributed by atoms with Crippen LogP contribution in [0.25, 0.3) is 11.1 Å². The van der Waals surface area contributed by atoms with E-state index in [0.29, 0.717) is 11.1 Å². The minimum Gasteiger partial charge on any atom is -0.321 e. The predicted octanol–water partition coefficient (Wildman–Crippen LogP) is 5.15. The number of nitrogens with zero attached hydrogens (tertiary/aromatic N) is 2. The maximum atomic E-state index is 13.4. The number of carbonyl (C=O) groups is 1. The summed E-state index contributed by atoms with van der Waals surface area (Å²) in [7, 11) is 1.29. The predicted molar refractivity (Wildman–Crippen MR) is 93.0 cm³/mol. The van der Waals surface area contributed by atoms with E-state index < -0.39 is 29.2 Å². The fraction of sp³-hybridized carbons (Fsp3) is 0.111. The highest BCUT2D eigenvalue weighted by atomic mass is 35.5. The summed E-state index contributed by atoms with van der Waals surface area (Å²) in [4.78, 5) is 12.4. The van der Waals surface area contributed by atoms with Gasteiger partial charge < -0.3 is 5.32 Å². The van der Waals surface area contributed by atoms with Gasteiger partial charge in [-0.2, -0.15) is 18.3 Å². The zero-order valence-corrected chi connectivity index (χ0v) is 14.6. The van der Waals surface area contributed by atoms with Crippen molar-refractivity contribution in [3.05, 3.63) is 70.8 Å². The number of hydrogen-bond donors (Lipinski definition) is 1. The molecule has 1 N–H and O–H groups in total. The molecule has 0 atom stereocenters. The topological polar surface area (TPSA) is 46.9 Å². The van der Waals surface area contributed by atoms with Gasteiger partial charge in [0, 0.05) is 24.5 Å². The molecule has 9 heteroatoms. The van der Waals surface area contributed by atoms with Crippen LogP contribution >= 0.6 is 11.6 Å². The molecule has 3 rings (SSSR count). The van der Waals surface area contributed by atoms with Crippen molar-refractivity contribution in [1.29, 1.82) is 0 Å². The van der Waals surface area contributed by atoms with Crippen molar-refractivity contribution < 1.29 is 22.4 Å². The minimum atomic E-state index is -4.77. The minimum absolute atomic E-state index is 0.111. The maximum Gasteiger partial charge on any atom is 0.435 e. The molecule has 140 valence electrons. The molecule has 27 heavy (non-hydrogen) atoms. The summed E-state index contributed by atoms with van der Waals surface area (Å²) in [5.41, 5.74) is -0.645. The molecular weight excluding hydrogens is 386 g/mol. The lowest BCUT2D eigenvalue weighted by atomic mass is 10.0. The molecule has 0 fully saturated rings. The Balaban J connectivity index is 1.98. The number of amides is 1. The monoisotopic (exact) mass is 397 g/mol. The van der Waals surface area contributed by atoms with Crippen LogP contribution in [0.1, 0.15) is 16.1 Å². The number of para-hydroxylation sites is 1. The highest BCUT2D eigenvalue weighted by molar-refractivity contribution is 6.31. The van der Waals surface area contributed by atoms with Crippen LogP contribution in [0.15, 0.2) is 48.7 Å². The first-order valence-electron chi connectivity index (χ1n) is 7.63. The average Bonchev–Trinajstić information content (AvgIpc) is 3.00. The Kier molecular flexibility index (Phi) is 4.93. The van der Waals surface area contributed by atoms with E-state index >= 15 is 0 Å². The normalized spacial score (nSPS) is 11.5. The van der Waals surface area contributed by atoms with Crippen molar-refractivity contribution in [1.82, 2.24) is 9.78 Å². The summed E-state index contributed by atoms with van der Waals surface area (Å²) in [5, 5.41) is 5.66. The molecule has 0 aliphatic carbocycles. The highest BCUT2D eigenvalue weighted by Gasteiger charge is 2.39. The van der Waals surface area contributed by atoms with E-state index in [1.165, 1.54) is 31.3 Å². The van der Waals surface area contributed by atoms with Crippen LogP contribution in [-0.4, -0.2) is 15.7 Å². The van der Waals surface area contributed by atoms with Crippen LogP contribution in [0.5, 0.6) is 0 Å². The van der Waals surface area contributed by atoms with Crippen LogP contribution < -0.4 is 5.32 Å². The Hall–Kier alpha value is -2.87. The fourth-order valence-electron chi connectivity index (χ4n) is 2.56. The smallest absolute Gasteiger partial charge is 0.321 e. The van der Waals surface area contributed by atoms with Gasteiger partial charge in [0.2, 0.25) is 0 Å². The second-order valence-electron chi connectivity index (χ2n) is 5.69. The van der Waals surface area contributed by atoms with Crippen LogP contribution in [0, 0.1) is 5.82 Å². The van der Waals surface area contributed by atoms with Crippen molar-refractivity contribution >= 4 is 23.2 Å². The fourth-order valence-corrected chi connectivity index (χ4v) is 2.74. The van der Waals surface area contributed by atoms with Gasteiger partial charge in [0.1, 0.15) is 5.82 Å². The molecule has 1 amide bonds. The third-order valence-corrected chi connectivity index (χ3v) is 4.04. The van der Waals surface area contributed by atoms with Gasteiger partial charge >= 0.3 is 6.18 Å². The van der Waals surface area contributed by atoms with Crippen molar-refractivity contribution in [2.75, 3.05) is 5.32 Å². The van der Waals surface area contributed by atoms with Gasteiger partial charge in [0.15, 0.2) is 5.69 Å². The molecule has 0 saturated carbocycles. The van der Waals surface area contributed by atoms with Gasteiger partial charge in [-0.15, -0.1) is 0 Å². The summed E-state index contributed by atoms with van der Waals surface area (Å²) < 4.78 is 53.6. The molecule has 0 unspecified atom stereocenters. The van der Waals surface area contributed by atoms with E-state index in [9.17, 15) is 22.4 Å². The summed E-state index contributed by atoms with van der Waals surface area (Å²) >= 11 is 5.79. The van der Waals surface area contributed by atoms with E-state index in [-0.39, 0.29) is 10.7 Å². The number of benzene rings is 2. The van der Waals surface area contributed by atoms with Crippen molar-refractivity contribution in [3.63, 3.8) is 0 Å². The molecule has 1 aromatic heterocycles. The molecule has 0 aliphatic rings. The molecular formula is C18H12ClF4N3O. The van der Waals surface area contributed by atoms with E-state index in [4.69, 9.17) is 11.6 Å². The lowest BCUT2D eigenvalue weighted by Crippen LogP contribution is -2.18. The zero-order valence-electron chi connectivity index (χ0n) is 13.8. The molecule has 0 radical (unpaired) electrons. The second kappa shape index (κ2) is 7.03. The summed E-state index contributed by atoms with van der Waals surface area (Å²) in [6, 6.07) is 10.4. The molecule has 4 nitrogen and oxygen atoms in total. The van der Waals surface area contributed by atoms with E-state index in [1.54, 1.807) is 18.2 Å². The number of carbonyl (C=O) groups excluding carboxylic acids is 1. The number of aryl methyl sites for hydroxylation is 1. The summed E-state index contributed by atoms with van der Waals surface area (Å²) in [6.45, 7) is 0. The van der Waals surface area contributed by atoms with Crippen molar-refractivity contribution in [2.24, 2.45) is 7.05 Å². The van der Waals surface area contributed by atoms with Gasteiger partial charge in [0.25, 0.3) is 5.91 Å². The van der Waals surface area contributed by atoms with Gasteiger partial charge in [-0.3, -0.25) is 9.48 Å². The van der Waals surface area contributed by atoms with Gasteiger partial charge in [-0.1, -0.05) is 35.9 Å². The Labute approximate surface area is 156 Å². The lowest BCUT2D eigenvalue weighted by molar-refractivity contribution is -0.141. The molecule has 3 aromatic rings. The molecule has 0 spiro atoms. The standard InChI is InChI=1S/C18H12ClF4N3O/c1-26-9-12(16(25-26)18(21,22)23)17(27)24-15-5-3-2-4-11(15)10-6-7-14(20)13(19)8-10/h2-9H,1H3,(H,24,27). The third-order valence-electron chi connectivity index (χ3n) is 3.75. The molecule has 0 aliphatic heterocycles. The van der Waals surface area contributed by atoms with E-state index in [0.717, 1.165) is 10.9 Å². The number of hydrogen-bond acceptors (Lipinski definition) is 2. The number of aromatic nitrogens is 2. The number of anilines is 1. The van der Waals surface area contributed by atoms with E-state index in [1.807, 2.05) is 0 Å². The number of halogens is 5. The van der Waals surface area contributed by atoms with Crippen molar-refractivity contribution in [2.45, 2.75) is 6.18 Å². The number of alkyl halides is 3. The SMILES string of the molecule is Cn1cc(C(=O)Nc2ccccc2-c2ccc(F)c(Cl)c2)c(C(F)(F)F)n1. The van der Waals surface area contributed by atoms with E-state index in [2.05, 4.69) is 10.4 Å². The first kappa shape index (κ1) is 18.9. The molecule has 0 bridgehead atoms. The molecule has 1 heterocycles. The van der Waals surface area contributed by atoms with Crippen molar-refractivity contribution in [3.8, 4) is 11.1 Å². The Bertz CT molecular complexity index is 1010. The third kappa shape index (κ3) is 3.95. The summed E-state index contributed by atoms with van der Waals surface area (Å²) in [6.07, 6.45) is -3.77. The second-order valence-corrected chi connectivity index (χ2v) is 6.10. The maximum absolute atomic E-state index is 13.4. The van der Waals surface area contributed by atoms with Crippen LogP contribution in [0.4, 0.5) is 23.2 Å². The summed E-state index contributed by atoms with van der Waals surface area (Å²) in [5.74, 6) is -1.57. The van der Waals surface area contributed by atoms with Gasteiger partial charge in [-0.25, -0.2) is 4.39 Å². The van der Waals surface area contributed by atoms with Crippen LogP contribution in [0.3, 0.4) is 0 Å². The first-order chi connectivity index (χ1) is 12.7. The quantitative estimate of drug-likeness (QED) is 0.621. The van der Waals surface area contributed by atoms with Gasteiger partial charge in [-0.05, 0) is 23.8 Å². The number of nitrogens with one attached hydrogen (secondary N) is 1. The molecule has 2 aromatic carbocycles.